The number of benzene rings is 3. The summed E-state index contributed by atoms with van der Waals surface area (Å²) in [6.07, 6.45) is -0.690. The van der Waals surface area contributed by atoms with Gasteiger partial charge in [0, 0.05) is 10.7 Å². The van der Waals surface area contributed by atoms with Crippen molar-refractivity contribution in [2.75, 3.05) is 11.9 Å². The van der Waals surface area contributed by atoms with Gasteiger partial charge in [0.2, 0.25) is 0 Å². The van der Waals surface area contributed by atoms with E-state index in [0.717, 1.165) is 5.56 Å². The predicted molar refractivity (Wildman–Crippen MR) is 117 cm³/mol. The van der Waals surface area contributed by atoms with Gasteiger partial charge < -0.3 is 15.2 Å². The third-order valence-corrected chi connectivity index (χ3v) is 5.03. The maximum absolute atomic E-state index is 13.2. The van der Waals surface area contributed by atoms with E-state index in [9.17, 15) is 14.7 Å². The van der Waals surface area contributed by atoms with Crippen molar-refractivity contribution in [3.05, 3.63) is 88.4 Å². The number of anilines is 1. The van der Waals surface area contributed by atoms with E-state index in [0.29, 0.717) is 27.6 Å². The SMILES string of the molecule is Cc1cccc(OCC(=O)NN2C(=O)c3cc(Cl)ccc3NC2c2ccc(O)cc2)c1. The van der Waals surface area contributed by atoms with E-state index in [2.05, 4.69) is 10.7 Å². The fourth-order valence-electron chi connectivity index (χ4n) is 3.30. The Morgan fingerprint density at radius 1 is 1.16 bits per heavy atom. The standard InChI is InChI=1S/C23H20ClN3O4/c1-14-3-2-4-18(11-14)31-13-21(29)26-27-22(15-5-8-17(28)9-6-15)25-20-10-7-16(24)12-19(20)23(27)30/h2-12,22,25,28H,13H2,1H3,(H,26,29). The van der Waals surface area contributed by atoms with Crippen LogP contribution < -0.4 is 15.5 Å². The Bertz CT molecular complexity index is 1130. The highest BCUT2D eigenvalue weighted by molar-refractivity contribution is 6.31. The fourth-order valence-corrected chi connectivity index (χ4v) is 3.48. The zero-order chi connectivity index (χ0) is 22.0. The van der Waals surface area contributed by atoms with Gasteiger partial charge in [-0.2, -0.15) is 0 Å². The van der Waals surface area contributed by atoms with Gasteiger partial charge in [0.05, 0.1) is 5.56 Å². The van der Waals surface area contributed by atoms with Gasteiger partial charge in [-0.1, -0.05) is 35.9 Å². The number of nitrogens with zero attached hydrogens (tertiary/aromatic N) is 1. The first-order valence-electron chi connectivity index (χ1n) is 9.58. The maximum Gasteiger partial charge on any atom is 0.276 e. The van der Waals surface area contributed by atoms with Crippen molar-refractivity contribution in [3.8, 4) is 11.5 Å². The van der Waals surface area contributed by atoms with Crippen LogP contribution in [-0.4, -0.2) is 28.5 Å². The molecule has 8 heteroatoms. The molecule has 1 heterocycles. The summed E-state index contributed by atoms with van der Waals surface area (Å²) in [5.41, 5.74) is 5.24. The number of hydrogen-bond acceptors (Lipinski definition) is 5. The molecular formula is C23H20ClN3O4. The smallest absolute Gasteiger partial charge is 0.276 e. The summed E-state index contributed by atoms with van der Waals surface area (Å²) < 4.78 is 5.55. The summed E-state index contributed by atoms with van der Waals surface area (Å²) in [6.45, 7) is 1.66. The van der Waals surface area contributed by atoms with Gasteiger partial charge in [-0.15, -0.1) is 0 Å². The molecule has 0 saturated carbocycles. The number of fused-ring (bicyclic) bond motifs is 1. The first-order chi connectivity index (χ1) is 14.9. The van der Waals surface area contributed by atoms with Gasteiger partial charge in [-0.3, -0.25) is 15.0 Å². The number of carbonyl (C=O) groups excluding carboxylic acids is 2. The highest BCUT2D eigenvalue weighted by Gasteiger charge is 2.34. The van der Waals surface area contributed by atoms with E-state index in [1.54, 1.807) is 36.4 Å². The minimum Gasteiger partial charge on any atom is -0.508 e. The minimum absolute atomic E-state index is 0.0974. The summed E-state index contributed by atoms with van der Waals surface area (Å²) in [6, 6.07) is 18.6. The number of phenolic OH excluding ortho intramolecular Hbond substituents is 1. The van der Waals surface area contributed by atoms with Crippen LogP contribution >= 0.6 is 11.6 Å². The van der Waals surface area contributed by atoms with E-state index in [1.165, 1.54) is 17.1 Å². The lowest BCUT2D eigenvalue weighted by Crippen LogP contribution is -2.53. The molecule has 0 bridgehead atoms. The molecule has 31 heavy (non-hydrogen) atoms. The van der Waals surface area contributed by atoms with Gasteiger partial charge in [-0.25, -0.2) is 5.01 Å². The average molecular weight is 438 g/mol. The molecule has 3 aromatic carbocycles. The third kappa shape index (κ3) is 4.57. The zero-order valence-electron chi connectivity index (χ0n) is 16.6. The lowest BCUT2D eigenvalue weighted by molar-refractivity contribution is -0.127. The summed E-state index contributed by atoms with van der Waals surface area (Å²) in [5, 5.41) is 14.4. The van der Waals surface area contributed by atoms with Gasteiger partial charge in [-0.05, 0) is 60.5 Å². The van der Waals surface area contributed by atoms with E-state index < -0.39 is 18.0 Å². The monoisotopic (exact) mass is 437 g/mol. The number of aromatic hydroxyl groups is 1. The van der Waals surface area contributed by atoms with E-state index >= 15 is 0 Å². The molecule has 1 aliphatic heterocycles. The summed E-state index contributed by atoms with van der Waals surface area (Å²) >= 11 is 6.06. The van der Waals surface area contributed by atoms with Crippen molar-refractivity contribution in [3.63, 3.8) is 0 Å². The molecule has 0 spiro atoms. The summed E-state index contributed by atoms with van der Waals surface area (Å²) in [4.78, 5) is 25.8. The molecule has 1 atom stereocenters. The van der Waals surface area contributed by atoms with Crippen molar-refractivity contribution in [2.45, 2.75) is 13.1 Å². The number of halogens is 1. The highest BCUT2D eigenvalue weighted by atomic mass is 35.5. The van der Waals surface area contributed by atoms with Crippen molar-refractivity contribution in [1.29, 1.82) is 0 Å². The second-order valence-corrected chi connectivity index (χ2v) is 7.58. The van der Waals surface area contributed by atoms with Crippen LogP contribution in [0.15, 0.2) is 66.7 Å². The maximum atomic E-state index is 13.2. The van der Waals surface area contributed by atoms with Crippen LogP contribution in [-0.2, 0) is 4.79 Å². The lowest BCUT2D eigenvalue weighted by atomic mass is 10.0. The van der Waals surface area contributed by atoms with E-state index in [1.807, 2.05) is 25.1 Å². The molecule has 0 fully saturated rings. The molecule has 4 rings (SSSR count). The lowest BCUT2D eigenvalue weighted by Gasteiger charge is -2.37. The number of hydrazine groups is 1. The van der Waals surface area contributed by atoms with Crippen molar-refractivity contribution >= 4 is 29.1 Å². The van der Waals surface area contributed by atoms with Gasteiger partial charge >= 0.3 is 0 Å². The van der Waals surface area contributed by atoms with Gasteiger partial charge in [0.15, 0.2) is 6.61 Å². The second-order valence-electron chi connectivity index (χ2n) is 7.14. The Morgan fingerprint density at radius 2 is 1.94 bits per heavy atom. The molecule has 1 unspecified atom stereocenters. The molecule has 3 N–H and O–H groups in total. The second kappa shape index (κ2) is 8.57. The Kier molecular flexibility index (Phi) is 5.68. The molecule has 0 radical (unpaired) electrons. The molecule has 0 saturated heterocycles. The Morgan fingerprint density at radius 3 is 2.68 bits per heavy atom. The van der Waals surface area contributed by atoms with Crippen LogP contribution in [0.25, 0.3) is 0 Å². The van der Waals surface area contributed by atoms with Crippen molar-refractivity contribution in [2.24, 2.45) is 0 Å². The molecule has 158 valence electrons. The Labute approximate surface area is 184 Å². The zero-order valence-corrected chi connectivity index (χ0v) is 17.4. The number of phenols is 1. The number of hydrogen-bond donors (Lipinski definition) is 3. The fraction of sp³-hybridized carbons (Fsp3) is 0.130. The van der Waals surface area contributed by atoms with Gasteiger partial charge in [0.1, 0.15) is 17.7 Å². The number of rotatable bonds is 5. The molecule has 0 aromatic heterocycles. The summed E-state index contributed by atoms with van der Waals surface area (Å²) in [5.74, 6) is -0.255. The van der Waals surface area contributed by atoms with Crippen LogP contribution in [0.2, 0.25) is 5.02 Å². The molecule has 3 aromatic rings. The van der Waals surface area contributed by atoms with Crippen molar-refractivity contribution < 1.29 is 19.4 Å². The normalized spacial score (nSPS) is 15.1. The molecule has 7 nitrogen and oxygen atoms in total. The van der Waals surface area contributed by atoms with Crippen LogP contribution in [0.5, 0.6) is 11.5 Å². The number of carbonyl (C=O) groups is 2. The van der Waals surface area contributed by atoms with Crippen LogP contribution in [0.1, 0.15) is 27.7 Å². The first-order valence-corrected chi connectivity index (χ1v) is 9.96. The van der Waals surface area contributed by atoms with E-state index in [-0.39, 0.29) is 12.4 Å². The summed E-state index contributed by atoms with van der Waals surface area (Å²) in [7, 11) is 0. The van der Waals surface area contributed by atoms with Crippen LogP contribution in [0, 0.1) is 6.92 Å². The molecular weight excluding hydrogens is 418 g/mol. The number of amides is 2. The van der Waals surface area contributed by atoms with Crippen LogP contribution in [0.4, 0.5) is 5.69 Å². The number of nitrogens with one attached hydrogen (secondary N) is 2. The first kappa shape index (κ1) is 20.6. The molecule has 1 aliphatic rings. The number of ether oxygens (including phenoxy) is 1. The topological polar surface area (TPSA) is 90.9 Å². The minimum atomic E-state index is -0.690. The molecule has 0 aliphatic carbocycles. The average Bonchev–Trinajstić information content (AvgIpc) is 2.75. The Balaban J connectivity index is 1.57. The number of aryl methyl sites for hydroxylation is 1. The Hall–Kier alpha value is -3.71. The van der Waals surface area contributed by atoms with Gasteiger partial charge in [0.25, 0.3) is 11.8 Å². The quantitative estimate of drug-likeness (QED) is 0.560. The van der Waals surface area contributed by atoms with E-state index in [4.69, 9.17) is 16.3 Å². The highest BCUT2D eigenvalue weighted by Crippen LogP contribution is 2.34. The van der Waals surface area contributed by atoms with Crippen molar-refractivity contribution in [1.82, 2.24) is 10.4 Å². The predicted octanol–water partition coefficient (Wildman–Crippen LogP) is 4.03. The van der Waals surface area contributed by atoms with Crippen LogP contribution in [0.3, 0.4) is 0 Å². The largest absolute Gasteiger partial charge is 0.508 e. The third-order valence-electron chi connectivity index (χ3n) is 4.79. The molecule has 2 amide bonds.